The molecule has 1 fully saturated rings. The Morgan fingerprint density at radius 1 is 1.44 bits per heavy atom. The molecule has 0 bridgehead atoms. The first-order chi connectivity index (χ1) is 11.6. The minimum atomic E-state index is -2.06. The van der Waals surface area contributed by atoms with Crippen molar-refractivity contribution in [3.63, 3.8) is 0 Å². The Hall–Kier alpha value is -1.92. The number of fused-ring (bicyclic) bond motifs is 1. The van der Waals surface area contributed by atoms with E-state index in [-0.39, 0.29) is 5.57 Å². The van der Waals surface area contributed by atoms with Crippen molar-refractivity contribution in [1.29, 1.82) is 0 Å². The zero-order valence-corrected chi connectivity index (χ0v) is 15.1. The molecule has 2 N–H and O–H groups in total. The number of ether oxygens (including phenoxy) is 2. The van der Waals surface area contributed by atoms with Gasteiger partial charge in [-0.05, 0) is 38.3 Å². The highest BCUT2D eigenvalue weighted by atomic mass is 16.6. The topological polar surface area (TPSA) is 93.1 Å². The zero-order valence-electron chi connectivity index (χ0n) is 15.1. The van der Waals surface area contributed by atoms with Gasteiger partial charge in [0.15, 0.2) is 17.8 Å². The zero-order chi connectivity index (χ0) is 18.9. The van der Waals surface area contributed by atoms with Crippen molar-refractivity contribution in [2.45, 2.75) is 64.4 Å². The largest absolute Gasteiger partial charge is 0.455 e. The van der Waals surface area contributed by atoms with Gasteiger partial charge in [-0.15, -0.1) is 0 Å². The third-order valence-electron chi connectivity index (χ3n) is 4.74. The van der Waals surface area contributed by atoms with Crippen molar-refractivity contribution in [2.24, 2.45) is 5.92 Å². The van der Waals surface area contributed by atoms with Crippen molar-refractivity contribution < 1.29 is 29.3 Å². The standard InChI is InChI=1S/C19H26O6/c1-10(2)17(21)25-15-12(4)8-6-7-11(3)9-14-19(23,16(15)20)13(5)18(22)24-14/h8-10,14-16,20,23H,5-7H2,1-4H3/b11-9-,12-8-. The van der Waals surface area contributed by atoms with Gasteiger partial charge in [0.1, 0.15) is 6.10 Å². The average molecular weight is 350 g/mol. The SMILES string of the molecule is C=C1C(=O)OC2/C=C(/C)CC/C=C(/C)C(OC(=O)C(C)C)C(O)C12O. The Morgan fingerprint density at radius 2 is 2.08 bits per heavy atom. The second kappa shape index (κ2) is 7.14. The van der Waals surface area contributed by atoms with E-state index in [4.69, 9.17) is 9.47 Å². The molecule has 1 aliphatic carbocycles. The van der Waals surface area contributed by atoms with Crippen LogP contribution in [0.4, 0.5) is 0 Å². The van der Waals surface area contributed by atoms with Crippen LogP contribution in [0.1, 0.15) is 40.5 Å². The Kier molecular flexibility index (Phi) is 5.54. The van der Waals surface area contributed by atoms with E-state index < -0.39 is 41.8 Å². The van der Waals surface area contributed by atoms with Crippen LogP contribution < -0.4 is 0 Å². The molecule has 2 rings (SSSR count). The monoisotopic (exact) mass is 350 g/mol. The number of carbonyl (C=O) groups excluding carboxylic acids is 2. The maximum absolute atomic E-state index is 12.1. The number of hydrogen-bond acceptors (Lipinski definition) is 6. The molecule has 138 valence electrons. The first-order valence-electron chi connectivity index (χ1n) is 8.44. The summed E-state index contributed by atoms with van der Waals surface area (Å²) in [7, 11) is 0. The van der Waals surface area contributed by atoms with Gasteiger partial charge in [-0.2, -0.15) is 0 Å². The number of aliphatic hydroxyl groups is 2. The Bertz CT molecular complexity index is 644. The molecule has 2 aliphatic rings. The Balaban J connectivity index is 2.50. The first kappa shape index (κ1) is 19.4. The molecular weight excluding hydrogens is 324 g/mol. The molecule has 1 aliphatic heterocycles. The summed E-state index contributed by atoms with van der Waals surface area (Å²) in [5, 5.41) is 22.0. The summed E-state index contributed by atoms with van der Waals surface area (Å²) in [6.07, 6.45) is 1.09. The third-order valence-corrected chi connectivity index (χ3v) is 4.74. The highest BCUT2D eigenvalue weighted by molar-refractivity contribution is 5.93. The van der Waals surface area contributed by atoms with Gasteiger partial charge >= 0.3 is 11.9 Å². The van der Waals surface area contributed by atoms with E-state index in [9.17, 15) is 19.8 Å². The lowest BCUT2D eigenvalue weighted by Crippen LogP contribution is -2.56. The van der Waals surface area contributed by atoms with Crippen LogP contribution in [0.5, 0.6) is 0 Å². The minimum Gasteiger partial charge on any atom is -0.455 e. The number of carbonyl (C=O) groups is 2. The average Bonchev–Trinajstić information content (AvgIpc) is 2.75. The minimum absolute atomic E-state index is 0.243. The number of rotatable bonds is 2. The molecular formula is C19H26O6. The Morgan fingerprint density at radius 3 is 2.68 bits per heavy atom. The van der Waals surface area contributed by atoms with Crippen molar-refractivity contribution in [3.05, 3.63) is 35.5 Å². The van der Waals surface area contributed by atoms with Crippen LogP contribution in [0.15, 0.2) is 35.5 Å². The van der Waals surface area contributed by atoms with Gasteiger partial charge in [0.05, 0.1) is 11.5 Å². The molecule has 0 radical (unpaired) electrons. The van der Waals surface area contributed by atoms with E-state index in [1.807, 2.05) is 13.0 Å². The van der Waals surface area contributed by atoms with Crippen molar-refractivity contribution >= 4 is 11.9 Å². The van der Waals surface area contributed by atoms with Crippen LogP contribution >= 0.6 is 0 Å². The van der Waals surface area contributed by atoms with Gasteiger partial charge in [-0.1, -0.05) is 32.1 Å². The van der Waals surface area contributed by atoms with Crippen LogP contribution in [0.2, 0.25) is 0 Å². The summed E-state index contributed by atoms with van der Waals surface area (Å²) in [5.41, 5.74) is -0.782. The van der Waals surface area contributed by atoms with Crippen molar-refractivity contribution in [3.8, 4) is 0 Å². The Labute approximate surface area is 147 Å². The van der Waals surface area contributed by atoms with Gasteiger partial charge in [-0.3, -0.25) is 4.79 Å². The summed E-state index contributed by atoms with van der Waals surface area (Å²) in [5.74, 6) is -1.67. The molecule has 4 unspecified atom stereocenters. The molecule has 4 atom stereocenters. The fraction of sp³-hybridized carbons (Fsp3) is 0.579. The lowest BCUT2D eigenvalue weighted by molar-refractivity contribution is -0.170. The molecule has 0 aromatic rings. The molecule has 25 heavy (non-hydrogen) atoms. The molecule has 0 spiro atoms. The fourth-order valence-electron chi connectivity index (χ4n) is 3.00. The van der Waals surface area contributed by atoms with E-state index in [0.717, 1.165) is 5.57 Å². The summed E-state index contributed by atoms with van der Waals surface area (Å²) < 4.78 is 10.7. The van der Waals surface area contributed by atoms with E-state index in [1.165, 1.54) is 0 Å². The van der Waals surface area contributed by atoms with Crippen molar-refractivity contribution in [2.75, 3.05) is 0 Å². The maximum atomic E-state index is 12.1. The summed E-state index contributed by atoms with van der Waals surface area (Å²) in [6.45, 7) is 10.5. The van der Waals surface area contributed by atoms with Gasteiger partial charge in [0.2, 0.25) is 0 Å². The molecule has 6 nitrogen and oxygen atoms in total. The van der Waals surface area contributed by atoms with Gasteiger partial charge in [0.25, 0.3) is 0 Å². The molecule has 1 saturated heterocycles. The summed E-state index contributed by atoms with van der Waals surface area (Å²) in [4.78, 5) is 24.0. The molecule has 1 heterocycles. The van der Waals surface area contributed by atoms with Gasteiger partial charge in [0, 0.05) is 0 Å². The highest BCUT2D eigenvalue weighted by Gasteiger charge is 2.58. The molecule has 6 heteroatoms. The van der Waals surface area contributed by atoms with Crippen LogP contribution in [-0.4, -0.2) is 46.1 Å². The number of hydrogen-bond donors (Lipinski definition) is 2. The van der Waals surface area contributed by atoms with E-state index in [2.05, 4.69) is 6.58 Å². The van der Waals surface area contributed by atoms with E-state index in [0.29, 0.717) is 18.4 Å². The third kappa shape index (κ3) is 3.55. The second-order valence-corrected chi connectivity index (χ2v) is 7.09. The summed E-state index contributed by atoms with van der Waals surface area (Å²) >= 11 is 0. The van der Waals surface area contributed by atoms with Crippen molar-refractivity contribution in [1.82, 2.24) is 0 Å². The molecule has 0 aromatic carbocycles. The molecule has 0 saturated carbocycles. The highest BCUT2D eigenvalue weighted by Crippen LogP contribution is 2.39. The lowest BCUT2D eigenvalue weighted by Gasteiger charge is -2.37. The smallest absolute Gasteiger partial charge is 0.337 e. The second-order valence-electron chi connectivity index (χ2n) is 7.09. The van der Waals surface area contributed by atoms with Gasteiger partial charge in [-0.25, -0.2) is 4.79 Å². The van der Waals surface area contributed by atoms with Crippen LogP contribution in [0.3, 0.4) is 0 Å². The first-order valence-corrected chi connectivity index (χ1v) is 8.44. The van der Waals surface area contributed by atoms with Crippen LogP contribution in [0, 0.1) is 5.92 Å². The number of allylic oxidation sites excluding steroid dienone is 2. The number of aliphatic hydroxyl groups excluding tert-OH is 1. The normalized spacial score (nSPS) is 37.5. The van der Waals surface area contributed by atoms with Crippen LogP contribution in [-0.2, 0) is 19.1 Å². The predicted octanol–water partition coefficient (Wildman–Crippen LogP) is 1.81. The molecule has 0 amide bonds. The van der Waals surface area contributed by atoms with E-state index in [1.54, 1.807) is 26.8 Å². The summed E-state index contributed by atoms with van der Waals surface area (Å²) in [6, 6.07) is 0. The lowest BCUT2D eigenvalue weighted by atomic mass is 9.79. The predicted molar refractivity (Wildman–Crippen MR) is 91.4 cm³/mol. The quantitative estimate of drug-likeness (QED) is 0.448. The van der Waals surface area contributed by atoms with Crippen LogP contribution in [0.25, 0.3) is 0 Å². The number of esters is 2. The van der Waals surface area contributed by atoms with Gasteiger partial charge < -0.3 is 19.7 Å². The molecule has 0 aromatic heterocycles. The maximum Gasteiger partial charge on any atom is 0.337 e. The van der Waals surface area contributed by atoms with E-state index >= 15 is 0 Å². The fourth-order valence-corrected chi connectivity index (χ4v) is 3.00.